The van der Waals surface area contributed by atoms with Gasteiger partial charge in [-0.15, -0.1) is 0 Å². The molecular weight excluding hydrogens is 343 g/mol. The molecule has 1 aromatic carbocycles. The lowest BCUT2D eigenvalue weighted by atomic mass is 9.85. The zero-order valence-corrected chi connectivity index (χ0v) is 15.6. The maximum atomic E-state index is 12.9. The smallest absolute Gasteiger partial charge is 0.391 e. The van der Waals surface area contributed by atoms with Crippen molar-refractivity contribution in [1.82, 2.24) is 10.6 Å². The summed E-state index contributed by atoms with van der Waals surface area (Å²) < 4.78 is 44.4. The van der Waals surface area contributed by atoms with Gasteiger partial charge in [0.1, 0.15) is 5.75 Å². The van der Waals surface area contributed by atoms with Gasteiger partial charge in [-0.2, -0.15) is 13.2 Å². The number of ether oxygens (including phenoxy) is 1. The van der Waals surface area contributed by atoms with Crippen molar-refractivity contribution in [3.63, 3.8) is 0 Å². The highest BCUT2D eigenvalue weighted by atomic mass is 19.4. The van der Waals surface area contributed by atoms with Crippen LogP contribution in [0.4, 0.5) is 13.2 Å². The first kappa shape index (κ1) is 20.4. The van der Waals surface area contributed by atoms with Crippen molar-refractivity contribution in [3.05, 3.63) is 29.3 Å². The number of hydrogen-bond acceptors (Lipinski definition) is 2. The minimum absolute atomic E-state index is 0.104. The van der Waals surface area contributed by atoms with Crippen LogP contribution in [0.25, 0.3) is 0 Å². The first-order chi connectivity index (χ1) is 12.3. The second-order valence-electron chi connectivity index (χ2n) is 6.71. The first-order valence-corrected chi connectivity index (χ1v) is 9.09. The molecule has 26 heavy (non-hydrogen) atoms. The molecule has 2 unspecified atom stereocenters. The molecular formula is C19H28F3N3O. The summed E-state index contributed by atoms with van der Waals surface area (Å²) in [6.07, 6.45) is -2.48. The van der Waals surface area contributed by atoms with Crippen LogP contribution in [-0.2, 0) is 6.54 Å². The lowest BCUT2D eigenvalue weighted by Gasteiger charge is -2.31. The highest BCUT2D eigenvalue weighted by molar-refractivity contribution is 5.80. The fraction of sp³-hybridized carbons (Fsp3) is 0.632. The average Bonchev–Trinajstić information content (AvgIpc) is 2.60. The molecule has 0 spiro atoms. The molecule has 1 aromatic rings. The van der Waals surface area contributed by atoms with Crippen molar-refractivity contribution in [2.75, 3.05) is 13.7 Å². The largest absolute Gasteiger partial charge is 0.494 e. The predicted octanol–water partition coefficient (Wildman–Crippen LogP) is 4.18. The summed E-state index contributed by atoms with van der Waals surface area (Å²) in [4.78, 5) is 4.14. The number of hydrogen-bond donors (Lipinski definition) is 2. The molecule has 7 heteroatoms. The van der Waals surface area contributed by atoms with Crippen molar-refractivity contribution < 1.29 is 17.9 Å². The SMILES string of the molecule is CCOc1ccc(CNC(=NC)NC2CCCC(C(F)(F)F)C2)cc1C. The number of aliphatic imine (C=N–C) groups is 1. The fourth-order valence-corrected chi connectivity index (χ4v) is 3.33. The van der Waals surface area contributed by atoms with E-state index in [1.54, 1.807) is 7.05 Å². The van der Waals surface area contributed by atoms with Crippen molar-refractivity contribution in [2.45, 2.75) is 58.3 Å². The third-order valence-corrected chi connectivity index (χ3v) is 4.70. The van der Waals surface area contributed by atoms with Crippen LogP contribution in [0.2, 0.25) is 0 Å². The van der Waals surface area contributed by atoms with E-state index in [-0.39, 0.29) is 18.9 Å². The summed E-state index contributed by atoms with van der Waals surface area (Å²) in [5.74, 6) is 0.170. The maximum absolute atomic E-state index is 12.9. The summed E-state index contributed by atoms with van der Waals surface area (Å²) in [5, 5.41) is 6.32. The molecule has 0 aromatic heterocycles. The number of nitrogens with zero attached hydrogens (tertiary/aromatic N) is 1. The van der Waals surface area contributed by atoms with Gasteiger partial charge in [-0.25, -0.2) is 0 Å². The van der Waals surface area contributed by atoms with Crippen LogP contribution < -0.4 is 15.4 Å². The Balaban J connectivity index is 1.89. The van der Waals surface area contributed by atoms with Crippen molar-refractivity contribution in [1.29, 1.82) is 0 Å². The number of guanidine groups is 1. The van der Waals surface area contributed by atoms with Gasteiger partial charge >= 0.3 is 6.18 Å². The van der Waals surface area contributed by atoms with E-state index in [0.29, 0.717) is 25.5 Å². The predicted molar refractivity (Wildman–Crippen MR) is 97.5 cm³/mol. The number of rotatable bonds is 5. The lowest BCUT2D eigenvalue weighted by Crippen LogP contribution is -2.46. The molecule has 1 aliphatic carbocycles. The molecule has 1 saturated carbocycles. The zero-order chi connectivity index (χ0) is 19.2. The van der Waals surface area contributed by atoms with Crippen LogP contribution in [-0.4, -0.2) is 31.8 Å². The van der Waals surface area contributed by atoms with E-state index >= 15 is 0 Å². The van der Waals surface area contributed by atoms with E-state index in [9.17, 15) is 13.2 Å². The van der Waals surface area contributed by atoms with E-state index < -0.39 is 12.1 Å². The fourth-order valence-electron chi connectivity index (χ4n) is 3.33. The Hall–Kier alpha value is -1.92. The number of halogens is 3. The van der Waals surface area contributed by atoms with E-state index in [1.807, 2.05) is 32.0 Å². The van der Waals surface area contributed by atoms with Gasteiger partial charge in [0.2, 0.25) is 0 Å². The molecule has 2 N–H and O–H groups in total. The summed E-state index contributed by atoms with van der Waals surface area (Å²) in [5.41, 5.74) is 2.11. The van der Waals surface area contributed by atoms with Crippen LogP contribution in [0, 0.1) is 12.8 Å². The molecule has 0 bridgehead atoms. The molecule has 2 atom stereocenters. The highest BCUT2D eigenvalue weighted by Crippen LogP contribution is 2.37. The van der Waals surface area contributed by atoms with E-state index in [4.69, 9.17) is 4.74 Å². The summed E-state index contributed by atoms with van der Waals surface area (Å²) >= 11 is 0. The standard InChI is InChI=1S/C19H28F3N3O/c1-4-26-17-9-8-14(10-13(17)2)12-24-18(23-3)25-16-7-5-6-15(11-16)19(20,21)22/h8-10,15-16H,4-7,11-12H2,1-3H3,(H2,23,24,25). The van der Waals surface area contributed by atoms with Gasteiger partial charge < -0.3 is 15.4 Å². The number of alkyl halides is 3. The Morgan fingerprint density at radius 1 is 1.31 bits per heavy atom. The minimum Gasteiger partial charge on any atom is -0.494 e. The normalized spacial score (nSPS) is 21.4. The number of benzene rings is 1. The number of aryl methyl sites for hydroxylation is 1. The molecule has 0 saturated heterocycles. The quantitative estimate of drug-likeness (QED) is 0.603. The van der Waals surface area contributed by atoms with Crippen molar-refractivity contribution in [2.24, 2.45) is 10.9 Å². The van der Waals surface area contributed by atoms with Crippen LogP contribution in [0.1, 0.15) is 43.7 Å². The molecule has 0 heterocycles. The molecule has 0 aliphatic heterocycles. The number of nitrogens with one attached hydrogen (secondary N) is 2. The van der Waals surface area contributed by atoms with Crippen LogP contribution >= 0.6 is 0 Å². The molecule has 1 fully saturated rings. The zero-order valence-electron chi connectivity index (χ0n) is 15.6. The lowest BCUT2D eigenvalue weighted by molar-refractivity contribution is -0.183. The van der Waals surface area contributed by atoms with Gasteiger partial charge in [0.25, 0.3) is 0 Å². The molecule has 0 amide bonds. The van der Waals surface area contributed by atoms with Gasteiger partial charge in [-0.1, -0.05) is 18.6 Å². The summed E-state index contributed by atoms with van der Waals surface area (Å²) in [7, 11) is 1.63. The monoisotopic (exact) mass is 371 g/mol. The molecule has 0 radical (unpaired) electrons. The first-order valence-electron chi connectivity index (χ1n) is 9.09. The van der Waals surface area contributed by atoms with Crippen LogP contribution in [0.5, 0.6) is 5.75 Å². The van der Waals surface area contributed by atoms with Gasteiger partial charge in [-0.3, -0.25) is 4.99 Å². The maximum Gasteiger partial charge on any atom is 0.391 e. The Kier molecular flexibility index (Phi) is 7.17. The summed E-state index contributed by atoms with van der Waals surface area (Å²) in [6, 6.07) is 5.73. The Morgan fingerprint density at radius 3 is 2.69 bits per heavy atom. The third kappa shape index (κ3) is 5.81. The molecule has 1 aliphatic rings. The van der Waals surface area contributed by atoms with Gasteiger partial charge in [0, 0.05) is 19.6 Å². The van der Waals surface area contributed by atoms with Crippen LogP contribution in [0.3, 0.4) is 0 Å². The van der Waals surface area contributed by atoms with Crippen molar-refractivity contribution >= 4 is 5.96 Å². The Morgan fingerprint density at radius 2 is 2.08 bits per heavy atom. The average molecular weight is 371 g/mol. The van der Waals surface area contributed by atoms with Gasteiger partial charge in [0.05, 0.1) is 12.5 Å². The Labute approximate surface area is 153 Å². The van der Waals surface area contributed by atoms with Crippen LogP contribution in [0.15, 0.2) is 23.2 Å². The molecule has 2 rings (SSSR count). The second-order valence-corrected chi connectivity index (χ2v) is 6.71. The topological polar surface area (TPSA) is 45.6 Å². The third-order valence-electron chi connectivity index (χ3n) is 4.70. The molecule has 4 nitrogen and oxygen atoms in total. The second kappa shape index (κ2) is 9.14. The van der Waals surface area contributed by atoms with E-state index in [0.717, 1.165) is 23.3 Å². The summed E-state index contributed by atoms with van der Waals surface area (Å²) in [6.45, 7) is 5.09. The minimum atomic E-state index is -4.11. The van der Waals surface area contributed by atoms with E-state index in [1.165, 1.54) is 0 Å². The molecule has 146 valence electrons. The van der Waals surface area contributed by atoms with Gasteiger partial charge in [-0.05, 0) is 50.3 Å². The van der Waals surface area contributed by atoms with Crippen molar-refractivity contribution in [3.8, 4) is 5.75 Å². The Bertz CT molecular complexity index is 617. The van der Waals surface area contributed by atoms with E-state index in [2.05, 4.69) is 15.6 Å². The highest BCUT2D eigenvalue weighted by Gasteiger charge is 2.42. The van der Waals surface area contributed by atoms with Gasteiger partial charge in [0.15, 0.2) is 5.96 Å².